The van der Waals surface area contributed by atoms with Crippen LogP contribution in [0.1, 0.15) is 37.2 Å². The first-order valence-electron chi connectivity index (χ1n) is 8.15. The van der Waals surface area contributed by atoms with Crippen LogP contribution in [0.25, 0.3) is 0 Å². The number of nitrogens with zero attached hydrogens (tertiary/aromatic N) is 3. The SMILES string of the molecule is CCCCNC(=S)Nc1cnn(CC)c1C(=O)N1CCOCC1. The number of hydrogen-bond acceptors (Lipinski definition) is 4. The summed E-state index contributed by atoms with van der Waals surface area (Å²) in [7, 11) is 0. The number of carbonyl (C=O) groups excluding carboxylic acids is 1. The highest BCUT2D eigenvalue weighted by atomic mass is 32.1. The Bertz CT molecular complexity index is 540. The number of morpholine rings is 1. The van der Waals surface area contributed by atoms with Crippen molar-refractivity contribution in [2.45, 2.75) is 33.2 Å². The third-order valence-electron chi connectivity index (χ3n) is 3.70. The van der Waals surface area contributed by atoms with Gasteiger partial charge in [-0.1, -0.05) is 13.3 Å². The van der Waals surface area contributed by atoms with E-state index in [4.69, 9.17) is 17.0 Å². The molecule has 2 rings (SSSR count). The largest absolute Gasteiger partial charge is 0.378 e. The number of aryl methyl sites for hydroxylation is 1. The molecule has 2 N–H and O–H groups in total. The second-order valence-corrected chi connectivity index (χ2v) is 5.77. The van der Waals surface area contributed by atoms with Crippen LogP contribution in [0.3, 0.4) is 0 Å². The lowest BCUT2D eigenvalue weighted by molar-refractivity contribution is 0.0295. The van der Waals surface area contributed by atoms with Gasteiger partial charge in [-0.15, -0.1) is 0 Å². The van der Waals surface area contributed by atoms with E-state index in [0.717, 1.165) is 19.4 Å². The van der Waals surface area contributed by atoms with E-state index in [9.17, 15) is 4.79 Å². The van der Waals surface area contributed by atoms with E-state index in [-0.39, 0.29) is 5.91 Å². The predicted molar refractivity (Wildman–Crippen MR) is 93.8 cm³/mol. The Labute approximate surface area is 142 Å². The van der Waals surface area contributed by atoms with Gasteiger partial charge in [0.05, 0.1) is 25.1 Å². The number of rotatable bonds is 6. The van der Waals surface area contributed by atoms with E-state index in [1.165, 1.54) is 0 Å². The van der Waals surface area contributed by atoms with Gasteiger partial charge in [-0.3, -0.25) is 9.48 Å². The maximum absolute atomic E-state index is 12.8. The Hall–Kier alpha value is -1.67. The molecule has 0 spiro atoms. The molecular weight excluding hydrogens is 314 g/mol. The van der Waals surface area contributed by atoms with Crippen molar-refractivity contribution in [3.05, 3.63) is 11.9 Å². The van der Waals surface area contributed by atoms with Crippen LogP contribution < -0.4 is 10.6 Å². The molecule has 0 saturated carbocycles. The second-order valence-electron chi connectivity index (χ2n) is 5.36. The third-order valence-corrected chi connectivity index (χ3v) is 3.95. The van der Waals surface area contributed by atoms with Crippen molar-refractivity contribution < 1.29 is 9.53 Å². The lowest BCUT2D eigenvalue weighted by Gasteiger charge is -2.27. The molecule has 0 bridgehead atoms. The summed E-state index contributed by atoms with van der Waals surface area (Å²) in [5, 5.41) is 11.1. The molecule has 1 amide bonds. The number of carbonyl (C=O) groups is 1. The quantitative estimate of drug-likeness (QED) is 0.604. The number of anilines is 1. The van der Waals surface area contributed by atoms with Gasteiger partial charge in [-0.25, -0.2) is 0 Å². The Morgan fingerprint density at radius 2 is 2.13 bits per heavy atom. The van der Waals surface area contributed by atoms with Gasteiger partial charge < -0.3 is 20.3 Å². The van der Waals surface area contributed by atoms with Crippen molar-refractivity contribution in [3.63, 3.8) is 0 Å². The summed E-state index contributed by atoms with van der Waals surface area (Å²) in [6.07, 6.45) is 3.81. The molecule has 2 heterocycles. The normalized spacial score (nSPS) is 14.6. The standard InChI is InChI=1S/C15H25N5O2S/c1-3-5-6-16-15(23)18-12-11-17-20(4-2)13(12)14(21)19-7-9-22-10-8-19/h11H,3-10H2,1-2H3,(H2,16,18,23). The first-order valence-corrected chi connectivity index (χ1v) is 8.55. The van der Waals surface area contributed by atoms with Crippen LogP contribution in [0.15, 0.2) is 6.20 Å². The van der Waals surface area contributed by atoms with Gasteiger partial charge in [0.1, 0.15) is 5.69 Å². The third kappa shape index (κ3) is 4.65. The van der Waals surface area contributed by atoms with Crippen molar-refractivity contribution >= 4 is 28.9 Å². The van der Waals surface area contributed by atoms with Gasteiger partial charge in [0.15, 0.2) is 5.11 Å². The topological polar surface area (TPSA) is 71.4 Å². The molecule has 1 aliphatic rings. The average Bonchev–Trinajstić information content (AvgIpc) is 2.97. The number of hydrogen-bond donors (Lipinski definition) is 2. The lowest BCUT2D eigenvalue weighted by atomic mass is 10.3. The minimum Gasteiger partial charge on any atom is -0.378 e. The summed E-state index contributed by atoms with van der Waals surface area (Å²) in [4.78, 5) is 14.6. The number of unbranched alkanes of at least 4 members (excludes halogenated alkanes) is 1. The number of ether oxygens (including phenoxy) is 1. The van der Waals surface area contributed by atoms with Crippen molar-refractivity contribution in [2.24, 2.45) is 0 Å². The van der Waals surface area contributed by atoms with Gasteiger partial charge in [0.2, 0.25) is 0 Å². The van der Waals surface area contributed by atoms with Crippen molar-refractivity contribution in [1.29, 1.82) is 0 Å². The molecule has 0 aliphatic carbocycles. The van der Waals surface area contributed by atoms with Gasteiger partial charge in [0.25, 0.3) is 5.91 Å². The van der Waals surface area contributed by atoms with Gasteiger partial charge >= 0.3 is 0 Å². The van der Waals surface area contributed by atoms with E-state index in [2.05, 4.69) is 22.7 Å². The molecule has 1 saturated heterocycles. The molecule has 0 aromatic carbocycles. The highest BCUT2D eigenvalue weighted by Gasteiger charge is 2.25. The van der Waals surface area contributed by atoms with Crippen molar-refractivity contribution in [1.82, 2.24) is 20.0 Å². The summed E-state index contributed by atoms with van der Waals surface area (Å²) in [5.74, 6) is -0.0356. The fourth-order valence-corrected chi connectivity index (χ4v) is 2.62. The predicted octanol–water partition coefficient (Wildman–Crippen LogP) is 1.46. The molecule has 128 valence electrons. The number of aromatic nitrogens is 2. The molecule has 7 nitrogen and oxygen atoms in total. The van der Waals surface area contributed by atoms with Gasteiger partial charge in [0, 0.05) is 26.2 Å². The van der Waals surface area contributed by atoms with Crippen molar-refractivity contribution in [2.75, 3.05) is 38.2 Å². The minimum atomic E-state index is -0.0356. The van der Waals surface area contributed by atoms with Gasteiger partial charge in [-0.05, 0) is 25.6 Å². The van der Waals surface area contributed by atoms with E-state index < -0.39 is 0 Å². The van der Waals surface area contributed by atoms with Crippen LogP contribution in [0.4, 0.5) is 5.69 Å². The molecule has 0 radical (unpaired) electrons. The highest BCUT2D eigenvalue weighted by Crippen LogP contribution is 2.18. The summed E-state index contributed by atoms with van der Waals surface area (Å²) in [6, 6.07) is 0. The highest BCUT2D eigenvalue weighted by molar-refractivity contribution is 7.80. The molecular formula is C15H25N5O2S. The van der Waals surface area contributed by atoms with Crippen LogP contribution in [0, 0.1) is 0 Å². The molecule has 23 heavy (non-hydrogen) atoms. The molecule has 8 heteroatoms. The Kier molecular flexibility index (Phi) is 6.79. The summed E-state index contributed by atoms with van der Waals surface area (Å²) in [5.41, 5.74) is 1.20. The van der Waals surface area contributed by atoms with Crippen LogP contribution in [0.5, 0.6) is 0 Å². The molecule has 1 aromatic rings. The Morgan fingerprint density at radius 3 is 2.78 bits per heavy atom. The van der Waals surface area contributed by atoms with E-state index in [0.29, 0.717) is 49.3 Å². The molecule has 1 aromatic heterocycles. The summed E-state index contributed by atoms with van der Waals surface area (Å²) < 4.78 is 7.01. The molecule has 0 atom stereocenters. The van der Waals surface area contributed by atoms with Gasteiger partial charge in [-0.2, -0.15) is 5.10 Å². The van der Waals surface area contributed by atoms with Crippen LogP contribution >= 0.6 is 12.2 Å². The van der Waals surface area contributed by atoms with E-state index >= 15 is 0 Å². The first-order chi connectivity index (χ1) is 11.2. The molecule has 0 unspecified atom stereocenters. The molecule has 1 aliphatic heterocycles. The Morgan fingerprint density at radius 1 is 1.39 bits per heavy atom. The van der Waals surface area contributed by atoms with Crippen molar-refractivity contribution in [3.8, 4) is 0 Å². The number of thiocarbonyl (C=S) groups is 1. The minimum absolute atomic E-state index is 0.0356. The van der Waals surface area contributed by atoms with Crippen LogP contribution in [-0.2, 0) is 11.3 Å². The second kappa shape index (κ2) is 8.83. The first kappa shape index (κ1) is 17.7. The number of amides is 1. The number of nitrogens with one attached hydrogen (secondary N) is 2. The van der Waals surface area contributed by atoms with E-state index in [1.807, 2.05) is 6.92 Å². The molecule has 1 fully saturated rings. The lowest BCUT2D eigenvalue weighted by Crippen LogP contribution is -2.42. The zero-order valence-corrected chi connectivity index (χ0v) is 14.6. The fraction of sp³-hybridized carbons (Fsp3) is 0.667. The fourth-order valence-electron chi connectivity index (χ4n) is 2.40. The van der Waals surface area contributed by atoms with E-state index in [1.54, 1.807) is 15.8 Å². The summed E-state index contributed by atoms with van der Waals surface area (Å²) >= 11 is 5.29. The van der Waals surface area contributed by atoms with Crippen LogP contribution in [-0.4, -0.2) is 58.5 Å². The zero-order valence-electron chi connectivity index (χ0n) is 13.8. The Balaban J connectivity index is 2.09. The maximum Gasteiger partial charge on any atom is 0.274 e. The zero-order chi connectivity index (χ0) is 16.7. The van der Waals surface area contributed by atoms with Crippen LogP contribution in [0.2, 0.25) is 0 Å². The maximum atomic E-state index is 12.8. The monoisotopic (exact) mass is 339 g/mol. The average molecular weight is 339 g/mol. The summed E-state index contributed by atoms with van der Waals surface area (Å²) in [6.45, 7) is 7.89. The smallest absolute Gasteiger partial charge is 0.274 e.